The van der Waals surface area contributed by atoms with Gasteiger partial charge in [0.05, 0.1) is 0 Å². The second-order valence-corrected chi connectivity index (χ2v) is 8.44. The molecule has 0 amide bonds. The molecule has 0 rings (SSSR count). The first-order chi connectivity index (χ1) is 3.68. The van der Waals surface area contributed by atoms with E-state index >= 15 is 0 Å². The summed E-state index contributed by atoms with van der Waals surface area (Å²) in [4.78, 5) is 0. The van der Waals surface area contributed by atoms with Gasteiger partial charge in [0, 0.05) is 0 Å². The maximum atomic E-state index is 3.65. The lowest BCUT2D eigenvalue weighted by Crippen LogP contribution is -2.15. The molecule has 8 heavy (non-hydrogen) atoms. The second-order valence-electron chi connectivity index (χ2n) is 1.44. The lowest BCUT2D eigenvalue weighted by atomic mass is 11.2. The third-order valence-electron chi connectivity index (χ3n) is 0.939. The van der Waals surface area contributed by atoms with E-state index in [1.165, 1.54) is 0 Å². The summed E-state index contributed by atoms with van der Waals surface area (Å²) in [6.45, 7) is 9.37. The normalized spacial score (nSPS) is 10.1. The lowest BCUT2D eigenvalue weighted by molar-refractivity contribution is 2.23. The fourth-order valence-electron chi connectivity index (χ4n) is 0.250. The van der Waals surface area contributed by atoms with Crippen molar-refractivity contribution in [2.24, 2.45) is 0 Å². The molecule has 0 unspecified atom stereocenters. The van der Waals surface area contributed by atoms with E-state index in [2.05, 4.69) is 35.0 Å². The molecule has 0 bridgehead atoms. The van der Waals surface area contributed by atoms with Gasteiger partial charge < -0.3 is 0 Å². The Morgan fingerprint density at radius 2 is 1.25 bits per heavy atom. The average Bonchev–Trinajstić information content (AvgIpc) is 1.87. The van der Waals surface area contributed by atoms with Gasteiger partial charge in [-0.05, 0) is 0 Å². The molecule has 0 saturated heterocycles. The van der Waals surface area contributed by atoms with Crippen LogP contribution in [0.2, 0.25) is 0 Å². The van der Waals surface area contributed by atoms with E-state index < -0.39 is 6.69 Å². The van der Waals surface area contributed by atoms with E-state index in [1.54, 1.807) is 0 Å². The summed E-state index contributed by atoms with van der Waals surface area (Å²) in [6.07, 6.45) is 0. The summed E-state index contributed by atoms with van der Waals surface area (Å²) in [5, 5.41) is 0. The molecule has 0 aromatic heterocycles. The Balaban J connectivity index is 4.18. The molecule has 2 heteroatoms. The molecule has 0 nitrogen and oxygen atoms in total. The minimum atomic E-state index is -1.57. The Morgan fingerprint density at radius 3 is 1.25 bits per heavy atom. The summed E-state index contributed by atoms with van der Waals surface area (Å²) in [7, 11) is 0. The third-order valence-corrected chi connectivity index (χ3v) is 5.73. The topological polar surface area (TPSA) is 0 Å². The van der Waals surface area contributed by atoms with Gasteiger partial charge in [-0.1, -0.05) is 17.1 Å². The first kappa shape index (κ1) is 7.92. The first-order valence-corrected chi connectivity index (χ1v) is 6.77. The fraction of sp³-hybridized carbons (Fsp3) is 0. The zero-order valence-corrected chi connectivity index (χ0v) is 7.32. The monoisotopic (exact) mass is 188 g/mol. The molecule has 0 radical (unpaired) electrons. The predicted octanol–water partition coefficient (Wildman–Crippen LogP) is 2.50. The molecule has 0 aromatic rings. The zero-order valence-electron chi connectivity index (χ0n) is 4.73. The number of hydrogen-bond donors (Lipinski definition) is 0. The van der Waals surface area contributed by atoms with Crippen LogP contribution in [0.4, 0.5) is 0 Å². The van der Waals surface area contributed by atoms with Crippen molar-refractivity contribution in [3.05, 3.63) is 36.8 Å². The quantitative estimate of drug-likeness (QED) is 0.472. The summed E-state index contributed by atoms with van der Waals surface area (Å²) >= 11 is 3.47. The number of rotatable bonds is 3. The van der Waals surface area contributed by atoms with Crippen molar-refractivity contribution in [1.82, 2.24) is 0 Å². The first-order valence-electron chi connectivity index (χ1n) is 2.28. The number of halogens is 1. The number of hydrogen-bond acceptors (Lipinski definition) is 0. The smallest absolute Gasteiger partial charge is 0.110 e. The highest BCUT2D eigenvalue weighted by Gasteiger charge is 2.14. The highest BCUT2D eigenvalue weighted by Crippen LogP contribution is 2.14. The Kier molecular flexibility index (Phi) is 3.01. The van der Waals surface area contributed by atoms with Gasteiger partial charge >= 0.3 is 0 Å². The molecule has 44 valence electrons. The van der Waals surface area contributed by atoms with Crippen molar-refractivity contribution in [3.8, 4) is 0 Å². The van der Waals surface area contributed by atoms with Crippen LogP contribution in [0.25, 0.3) is 0 Å². The maximum absolute atomic E-state index is 3.65. The minimum absolute atomic E-state index is 1.57. The van der Waals surface area contributed by atoms with E-state index in [0.29, 0.717) is 0 Å². The fourth-order valence-corrected chi connectivity index (χ4v) is 0.750. The van der Waals surface area contributed by atoms with Crippen LogP contribution in [0.1, 0.15) is 0 Å². The predicted molar refractivity (Wildman–Crippen MR) is 45.3 cm³/mol. The van der Waals surface area contributed by atoms with Crippen LogP contribution in [-0.2, 0) is 0 Å². The van der Waals surface area contributed by atoms with E-state index in [1.807, 2.05) is 17.1 Å². The van der Waals surface area contributed by atoms with Crippen molar-refractivity contribution in [2.75, 3.05) is 0 Å². The van der Waals surface area contributed by atoms with Crippen LogP contribution in [0.3, 0.4) is 0 Å². The molecule has 0 aliphatic heterocycles. The van der Waals surface area contributed by atoms with Gasteiger partial charge in [0.1, 0.15) is 0 Å². The Labute approximate surface area is 59.2 Å². The van der Waals surface area contributed by atoms with E-state index in [4.69, 9.17) is 0 Å². The summed E-state index contributed by atoms with van der Waals surface area (Å²) < 4.78 is 0. The average molecular weight is 189 g/mol. The van der Waals surface area contributed by atoms with Gasteiger partial charge in [-0.3, -0.25) is 0 Å². The van der Waals surface area contributed by atoms with Crippen LogP contribution in [-0.4, -0.2) is 6.69 Å². The molecule has 0 atom stereocenters. The molecule has 0 aromatic carbocycles. The van der Waals surface area contributed by atoms with Gasteiger partial charge in [-0.25, -0.2) is 0 Å². The standard InChI is InChI=1S/C6H9BrSi/c1-4-8(7,5-2)6-3/h4-6H,1-3H2. The van der Waals surface area contributed by atoms with Crippen molar-refractivity contribution >= 4 is 22.0 Å². The summed E-state index contributed by atoms with van der Waals surface area (Å²) in [5.41, 5.74) is 5.60. The molecule has 0 N–H and O–H groups in total. The molecule has 0 saturated carbocycles. The van der Waals surface area contributed by atoms with Gasteiger partial charge in [0.15, 0.2) is 6.69 Å². The largest absolute Gasteiger partial charge is 0.198 e. The van der Waals surface area contributed by atoms with E-state index in [9.17, 15) is 0 Å². The highest BCUT2D eigenvalue weighted by molar-refractivity contribution is 9.26. The van der Waals surface area contributed by atoms with Crippen LogP contribution in [0.5, 0.6) is 0 Å². The van der Waals surface area contributed by atoms with Gasteiger partial charge in [0.25, 0.3) is 0 Å². The van der Waals surface area contributed by atoms with Gasteiger partial charge in [-0.15, -0.1) is 35.0 Å². The van der Waals surface area contributed by atoms with Crippen LogP contribution in [0, 0.1) is 0 Å². The maximum Gasteiger partial charge on any atom is 0.198 e. The van der Waals surface area contributed by atoms with Crippen LogP contribution < -0.4 is 0 Å². The van der Waals surface area contributed by atoms with Crippen LogP contribution >= 0.6 is 15.3 Å². The second kappa shape index (κ2) is 3.05. The molecule has 0 heterocycles. The molecule has 0 aliphatic rings. The SMILES string of the molecule is C=C[Si](Br)(C=C)C=C. The molecular formula is C6H9BrSi. The Morgan fingerprint density at radius 1 is 1.00 bits per heavy atom. The third kappa shape index (κ3) is 1.80. The Bertz CT molecular complexity index is 95.9. The Hall–Kier alpha value is -0.0831. The van der Waals surface area contributed by atoms with Gasteiger partial charge in [0.2, 0.25) is 0 Å². The molecule has 0 aliphatic carbocycles. The van der Waals surface area contributed by atoms with Crippen molar-refractivity contribution < 1.29 is 0 Å². The van der Waals surface area contributed by atoms with Crippen molar-refractivity contribution in [1.29, 1.82) is 0 Å². The molecule has 0 spiro atoms. The zero-order chi connectivity index (χ0) is 6.62. The van der Waals surface area contributed by atoms with E-state index in [0.717, 1.165) is 0 Å². The van der Waals surface area contributed by atoms with Crippen molar-refractivity contribution in [2.45, 2.75) is 0 Å². The lowest BCUT2D eigenvalue weighted by Gasteiger charge is -2.06. The van der Waals surface area contributed by atoms with Gasteiger partial charge in [-0.2, -0.15) is 0 Å². The van der Waals surface area contributed by atoms with E-state index in [-0.39, 0.29) is 0 Å². The highest BCUT2D eigenvalue weighted by atomic mass is 79.9. The molecular weight excluding hydrogens is 180 g/mol. The van der Waals surface area contributed by atoms with Crippen molar-refractivity contribution in [3.63, 3.8) is 0 Å². The summed E-state index contributed by atoms with van der Waals surface area (Å²) in [6, 6.07) is 0. The molecule has 0 fully saturated rings. The summed E-state index contributed by atoms with van der Waals surface area (Å²) in [5.74, 6) is 0. The van der Waals surface area contributed by atoms with Crippen LogP contribution in [0.15, 0.2) is 36.8 Å². The minimum Gasteiger partial charge on any atom is -0.110 e.